The van der Waals surface area contributed by atoms with Crippen molar-refractivity contribution in [1.29, 1.82) is 0 Å². The average molecular weight is 1120 g/mol. The van der Waals surface area contributed by atoms with Gasteiger partial charge in [-0.25, -0.2) is 0 Å². The molecule has 0 saturated heterocycles. The van der Waals surface area contributed by atoms with Crippen molar-refractivity contribution in [3.63, 3.8) is 0 Å². The summed E-state index contributed by atoms with van der Waals surface area (Å²) in [5.41, 5.74) is 25.8. The van der Waals surface area contributed by atoms with Gasteiger partial charge in [-0.2, -0.15) is 0 Å². The molecule has 0 bridgehead atoms. The summed E-state index contributed by atoms with van der Waals surface area (Å²) in [6.07, 6.45) is 12.4. The first-order valence-corrected chi connectivity index (χ1v) is 30.9. The van der Waals surface area contributed by atoms with Crippen LogP contribution >= 0.6 is 11.3 Å². The van der Waals surface area contributed by atoms with Crippen molar-refractivity contribution in [2.45, 2.75) is 51.9 Å². The Labute approximate surface area is 485 Å². The maximum atomic E-state index is 4.55. The van der Waals surface area contributed by atoms with Crippen molar-refractivity contribution < 1.29 is 0 Å². The number of aryl methyl sites for hydroxylation is 1. The van der Waals surface area contributed by atoms with Crippen molar-refractivity contribution in [2.75, 3.05) is 9.80 Å². The standard InChI is InChI=1S/C74H57BN4SSe/c1-74(2,3)57-44-68-71-70(45-57)81-72-64-43-52(62-27-15-20-49-19-13-14-26-61(49)62)29-33-69(64)80-73(72)75(71)65-31-30-60(78(58-22-9-5-10-23-58)59-24-11-6-12-25-59)46-67(65)79(68)66-32-28-51(42-63(66)50-17-7-4-8-18-50)55-39-54(48-34-37-76-38-35-48)40-56(41-55)53-21-16-36-77-47-53/h4-12,15-18,20-25,27-47H,13-14,19,26H2,1-3H3. The average Bonchev–Trinajstić information content (AvgIpc) is 3.34. The van der Waals surface area contributed by atoms with E-state index in [1.54, 1.807) is 5.56 Å². The molecule has 0 N–H and O–H groups in total. The van der Waals surface area contributed by atoms with Crippen molar-refractivity contribution in [3.05, 3.63) is 260 Å². The van der Waals surface area contributed by atoms with Crippen LogP contribution in [-0.4, -0.2) is 31.6 Å². The predicted octanol–water partition coefficient (Wildman–Crippen LogP) is 15.9. The summed E-state index contributed by atoms with van der Waals surface area (Å²) in [6.45, 7) is 7.19. The molecule has 5 heterocycles. The quantitative estimate of drug-likeness (QED) is 0.135. The molecule has 0 amide bonds. The van der Waals surface area contributed by atoms with Crippen LogP contribution in [0.3, 0.4) is 0 Å². The molecule has 0 fully saturated rings. The summed E-state index contributed by atoms with van der Waals surface area (Å²) in [4.78, 5) is 14.0. The van der Waals surface area contributed by atoms with E-state index >= 15 is 0 Å². The van der Waals surface area contributed by atoms with E-state index < -0.39 is 0 Å². The van der Waals surface area contributed by atoms with Gasteiger partial charge in [0, 0.05) is 24.8 Å². The molecule has 2 aliphatic heterocycles. The van der Waals surface area contributed by atoms with Gasteiger partial charge >= 0.3 is 430 Å². The first kappa shape index (κ1) is 49.5. The van der Waals surface area contributed by atoms with Gasteiger partial charge in [-0.15, -0.1) is 0 Å². The van der Waals surface area contributed by atoms with Crippen LogP contribution in [0, 0.1) is 0 Å². The third-order valence-electron chi connectivity index (χ3n) is 16.8. The van der Waals surface area contributed by atoms with Gasteiger partial charge in [0.25, 0.3) is 0 Å². The van der Waals surface area contributed by atoms with E-state index in [4.69, 9.17) is 0 Å². The molecule has 15 rings (SSSR count). The molecule has 1 aliphatic carbocycles. The Hall–Kier alpha value is -8.58. The van der Waals surface area contributed by atoms with Crippen LogP contribution in [0.1, 0.15) is 50.3 Å². The summed E-state index contributed by atoms with van der Waals surface area (Å²) < 4.78 is 5.88. The Kier molecular flexibility index (Phi) is 12.3. The maximum absolute atomic E-state index is 4.55. The number of hydrogen-bond acceptors (Lipinski definition) is 5. The third kappa shape index (κ3) is 8.83. The number of nitrogens with zero attached hydrogens (tertiary/aromatic N) is 4. The Morgan fingerprint density at radius 2 is 1.20 bits per heavy atom. The molecule has 12 aromatic rings. The number of rotatable bonds is 9. The van der Waals surface area contributed by atoms with E-state index in [0.717, 1.165) is 73.7 Å². The zero-order valence-electron chi connectivity index (χ0n) is 45.6. The van der Waals surface area contributed by atoms with Crippen molar-refractivity contribution in [1.82, 2.24) is 9.97 Å². The topological polar surface area (TPSA) is 32.3 Å². The van der Waals surface area contributed by atoms with Crippen LogP contribution in [0.25, 0.3) is 65.7 Å². The van der Waals surface area contributed by atoms with Gasteiger partial charge < -0.3 is 0 Å². The number of benzene rings is 9. The molecule has 0 atom stereocenters. The van der Waals surface area contributed by atoms with E-state index in [2.05, 4.69) is 253 Å². The van der Waals surface area contributed by atoms with Gasteiger partial charge in [0.1, 0.15) is 0 Å². The molecule has 9 aromatic carbocycles. The Morgan fingerprint density at radius 3 is 1.94 bits per heavy atom. The predicted molar refractivity (Wildman–Crippen MR) is 345 cm³/mol. The molecule has 7 heteroatoms. The Bertz CT molecular complexity index is 4270. The van der Waals surface area contributed by atoms with Crippen LogP contribution in [-0.2, 0) is 18.3 Å². The van der Waals surface area contributed by atoms with Gasteiger partial charge in [-0.05, 0) is 18.2 Å². The fourth-order valence-corrected chi connectivity index (χ4v) is 17.2. The van der Waals surface area contributed by atoms with Gasteiger partial charge in [0.15, 0.2) is 0 Å². The first-order chi connectivity index (χ1) is 39.8. The second kappa shape index (κ2) is 20.2. The number of para-hydroxylation sites is 2. The van der Waals surface area contributed by atoms with Crippen LogP contribution in [0.15, 0.2) is 243 Å². The molecule has 81 heavy (non-hydrogen) atoms. The van der Waals surface area contributed by atoms with E-state index in [-0.39, 0.29) is 27.1 Å². The molecule has 3 aromatic heterocycles. The monoisotopic (exact) mass is 1120 g/mol. The molecule has 3 aliphatic rings. The van der Waals surface area contributed by atoms with Crippen molar-refractivity contribution in [3.8, 4) is 55.6 Å². The fourth-order valence-electron chi connectivity index (χ4n) is 12.8. The van der Waals surface area contributed by atoms with Crippen LogP contribution < -0.4 is 34.4 Å². The molecule has 0 spiro atoms. The van der Waals surface area contributed by atoms with E-state index in [0.29, 0.717) is 0 Å². The van der Waals surface area contributed by atoms with Gasteiger partial charge in [0.2, 0.25) is 0 Å². The molecular weight excluding hydrogens is 1070 g/mol. The summed E-state index contributed by atoms with van der Waals surface area (Å²) in [6, 6.07) is 82.2. The van der Waals surface area contributed by atoms with Crippen LogP contribution in [0.2, 0.25) is 0 Å². The number of anilines is 6. The molecule has 0 saturated carbocycles. The normalized spacial score (nSPS) is 13.3. The zero-order valence-corrected chi connectivity index (χ0v) is 48.1. The van der Waals surface area contributed by atoms with Gasteiger partial charge in [-0.1, -0.05) is 6.07 Å². The summed E-state index contributed by atoms with van der Waals surface area (Å²) in [7, 11) is 0. The van der Waals surface area contributed by atoms with Crippen LogP contribution in [0.4, 0.5) is 34.1 Å². The Morgan fingerprint density at radius 1 is 0.494 bits per heavy atom. The number of thiophene rings is 1. The van der Waals surface area contributed by atoms with Crippen LogP contribution in [0.5, 0.6) is 0 Å². The fraction of sp³-hybridized carbons (Fsp3) is 0.108. The minimum atomic E-state index is -0.114. The second-order valence-corrected chi connectivity index (χ2v) is 26.1. The summed E-state index contributed by atoms with van der Waals surface area (Å²) in [5, 5.41) is 1.43. The molecule has 0 radical (unpaired) electrons. The Balaban J connectivity index is 0.984. The summed E-state index contributed by atoms with van der Waals surface area (Å²) >= 11 is 2.07. The van der Waals surface area contributed by atoms with E-state index in [9.17, 15) is 0 Å². The molecule has 4 nitrogen and oxygen atoms in total. The third-order valence-corrected chi connectivity index (χ3v) is 20.9. The number of hydrogen-bond donors (Lipinski definition) is 0. The van der Waals surface area contributed by atoms with Crippen molar-refractivity contribution >= 4 is 102 Å². The number of fused-ring (bicyclic) bond motifs is 7. The van der Waals surface area contributed by atoms with Gasteiger partial charge in [-0.3, -0.25) is 9.97 Å². The molecule has 388 valence electrons. The van der Waals surface area contributed by atoms with Crippen molar-refractivity contribution in [2.24, 2.45) is 0 Å². The summed E-state index contributed by atoms with van der Waals surface area (Å²) in [5.74, 6) is 0. The number of pyridine rings is 2. The van der Waals surface area contributed by atoms with E-state index in [1.165, 1.54) is 87.6 Å². The minimum absolute atomic E-state index is 0.0443. The first-order valence-electron chi connectivity index (χ1n) is 28.3. The SMILES string of the molecule is CC(C)(C)c1cc2c3c(c1)N(c1ccc(-c4cc(-c5ccncc5)cc(-c5cccnc5)c4)cc1-c1ccccc1)c1cc(N(c4ccccc4)c4ccccc4)ccc1B3c1sc3ccc(-c4cccc5c4CCCC5)cc3c1[Se]2. The molecule has 0 unspecified atom stereocenters. The van der Waals surface area contributed by atoms with E-state index in [1.807, 2.05) is 42.2 Å². The van der Waals surface area contributed by atoms with Gasteiger partial charge in [0.05, 0.1) is 0 Å². The number of aromatic nitrogens is 2. The zero-order chi connectivity index (χ0) is 54.2. The molecular formula is C74H57BN4SSe. The second-order valence-electron chi connectivity index (χ2n) is 22.8.